The summed E-state index contributed by atoms with van der Waals surface area (Å²) in [6, 6.07) is 4.31. The molecule has 0 bridgehead atoms. The molecular formula is C24H31NO. The van der Waals surface area contributed by atoms with Crippen molar-refractivity contribution in [2.75, 3.05) is 0 Å². The number of pyridine rings is 1. The third-order valence-electron chi connectivity index (χ3n) is 8.64. The fraction of sp³-hybridized carbons (Fsp3) is 0.625. The molecule has 0 radical (unpaired) electrons. The highest BCUT2D eigenvalue weighted by atomic mass is 16.3. The third kappa shape index (κ3) is 2.24. The Kier molecular flexibility index (Phi) is 3.73. The van der Waals surface area contributed by atoms with Gasteiger partial charge in [0.25, 0.3) is 0 Å². The van der Waals surface area contributed by atoms with E-state index in [1.54, 1.807) is 11.1 Å². The van der Waals surface area contributed by atoms with E-state index in [9.17, 15) is 5.11 Å². The van der Waals surface area contributed by atoms with E-state index in [-0.39, 0.29) is 6.10 Å². The molecule has 0 aromatic carbocycles. The van der Waals surface area contributed by atoms with Crippen LogP contribution in [0.1, 0.15) is 64.4 Å². The van der Waals surface area contributed by atoms with Crippen LogP contribution in [0, 0.1) is 28.6 Å². The lowest BCUT2D eigenvalue weighted by atomic mass is 9.46. The van der Waals surface area contributed by atoms with Crippen LogP contribution in [0.25, 0.3) is 5.57 Å². The molecule has 1 aromatic heterocycles. The zero-order chi connectivity index (χ0) is 17.9. The number of hydrogen-bond acceptors (Lipinski definition) is 2. The molecule has 5 rings (SSSR count). The number of aromatic nitrogens is 1. The van der Waals surface area contributed by atoms with E-state index >= 15 is 0 Å². The van der Waals surface area contributed by atoms with Gasteiger partial charge in [-0.2, -0.15) is 0 Å². The summed E-state index contributed by atoms with van der Waals surface area (Å²) in [5, 5.41) is 10.1. The lowest BCUT2D eigenvalue weighted by molar-refractivity contribution is -0.0281. The van der Waals surface area contributed by atoms with Crippen molar-refractivity contribution in [2.45, 2.75) is 64.9 Å². The second-order valence-corrected chi connectivity index (χ2v) is 9.68. The van der Waals surface area contributed by atoms with Crippen molar-refractivity contribution < 1.29 is 5.11 Å². The zero-order valence-electron chi connectivity index (χ0n) is 16.1. The summed E-state index contributed by atoms with van der Waals surface area (Å²) in [7, 11) is 0. The molecule has 138 valence electrons. The molecule has 0 spiro atoms. The second kappa shape index (κ2) is 5.79. The molecule has 4 aliphatic rings. The van der Waals surface area contributed by atoms with Gasteiger partial charge in [0.05, 0.1) is 6.10 Å². The van der Waals surface area contributed by atoms with Gasteiger partial charge in [0.15, 0.2) is 0 Å². The smallest absolute Gasteiger partial charge is 0.0724 e. The molecule has 0 saturated heterocycles. The summed E-state index contributed by atoms with van der Waals surface area (Å²) in [4.78, 5) is 4.38. The van der Waals surface area contributed by atoms with Crippen LogP contribution < -0.4 is 0 Å². The molecule has 2 saturated carbocycles. The van der Waals surface area contributed by atoms with E-state index in [4.69, 9.17) is 0 Å². The van der Waals surface area contributed by atoms with Gasteiger partial charge in [0, 0.05) is 12.4 Å². The Hall–Kier alpha value is -1.41. The number of aliphatic hydroxyl groups excluding tert-OH is 1. The maximum Gasteiger partial charge on any atom is 0.0724 e. The molecule has 1 heterocycles. The van der Waals surface area contributed by atoms with Gasteiger partial charge in [-0.25, -0.2) is 0 Å². The summed E-state index contributed by atoms with van der Waals surface area (Å²) in [6.45, 7) is 5.03. The summed E-state index contributed by atoms with van der Waals surface area (Å²) < 4.78 is 0. The number of aliphatic hydroxyl groups is 1. The molecule has 26 heavy (non-hydrogen) atoms. The van der Waals surface area contributed by atoms with Crippen LogP contribution in [0.3, 0.4) is 0 Å². The second-order valence-electron chi connectivity index (χ2n) is 9.68. The third-order valence-corrected chi connectivity index (χ3v) is 8.64. The van der Waals surface area contributed by atoms with E-state index in [1.807, 2.05) is 6.20 Å². The first-order valence-electron chi connectivity index (χ1n) is 10.5. The van der Waals surface area contributed by atoms with Gasteiger partial charge in [0.1, 0.15) is 0 Å². The minimum Gasteiger partial charge on any atom is -0.389 e. The predicted octanol–water partition coefficient (Wildman–Crippen LogP) is 5.40. The highest BCUT2D eigenvalue weighted by Crippen LogP contribution is 2.66. The van der Waals surface area contributed by atoms with Crippen molar-refractivity contribution in [3.05, 3.63) is 47.8 Å². The molecule has 2 nitrogen and oxygen atoms in total. The van der Waals surface area contributed by atoms with Gasteiger partial charge >= 0.3 is 0 Å². The predicted molar refractivity (Wildman–Crippen MR) is 105 cm³/mol. The zero-order valence-corrected chi connectivity index (χ0v) is 16.1. The highest BCUT2D eigenvalue weighted by molar-refractivity contribution is 5.72. The first-order chi connectivity index (χ1) is 12.5. The molecule has 2 unspecified atom stereocenters. The average molecular weight is 350 g/mol. The minimum atomic E-state index is -0.200. The summed E-state index contributed by atoms with van der Waals surface area (Å²) in [5.74, 6) is 2.41. The van der Waals surface area contributed by atoms with Crippen LogP contribution >= 0.6 is 0 Å². The van der Waals surface area contributed by atoms with E-state index in [0.717, 1.165) is 24.2 Å². The van der Waals surface area contributed by atoms with E-state index < -0.39 is 0 Å². The summed E-state index contributed by atoms with van der Waals surface area (Å²) in [5.41, 5.74) is 5.11. The maximum atomic E-state index is 10.1. The standard InChI is InChI=1S/C24H31NO/c1-23-11-9-18(26)14-17(23)5-6-19-21-8-7-20(16-4-3-13-25-15-16)24(21,2)12-10-22(19)23/h3-4,7,13-15,18-19,21-22,26H,5-6,8-12H2,1-2H3/t18?,19-,21?,22-,23-,24+/m0/s1. The van der Waals surface area contributed by atoms with Crippen LogP contribution in [-0.2, 0) is 0 Å². The first kappa shape index (κ1) is 16.7. The van der Waals surface area contributed by atoms with Crippen LogP contribution in [-0.4, -0.2) is 16.2 Å². The fourth-order valence-corrected chi connectivity index (χ4v) is 7.25. The van der Waals surface area contributed by atoms with E-state index in [2.05, 4.69) is 49.3 Å². The molecule has 4 aliphatic carbocycles. The quantitative estimate of drug-likeness (QED) is 0.689. The van der Waals surface area contributed by atoms with Crippen molar-refractivity contribution in [3.8, 4) is 0 Å². The van der Waals surface area contributed by atoms with Gasteiger partial charge in [-0.1, -0.05) is 37.6 Å². The van der Waals surface area contributed by atoms with Crippen molar-refractivity contribution in [1.82, 2.24) is 4.98 Å². The largest absolute Gasteiger partial charge is 0.389 e. The van der Waals surface area contributed by atoms with Gasteiger partial charge in [0.2, 0.25) is 0 Å². The molecule has 0 aliphatic heterocycles. The number of nitrogens with zero attached hydrogens (tertiary/aromatic N) is 1. The number of rotatable bonds is 1. The van der Waals surface area contributed by atoms with Crippen molar-refractivity contribution in [3.63, 3.8) is 0 Å². The molecule has 1 aromatic rings. The van der Waals surface area contributed by atoms with Crippen LogP contribution in [0.4, 0.5) is 0 Å². The Balaban J connectivity index is 1.47. The van der Waals surface area contributed by atoms with Crippen LogP contribution in [0.2, 0.25) is 0 Å². The topological polar surface area (TPSA) is 33.1 Å². The molecular weight excluding hydrogens is 318 g/mol. The van der Waals surface area contributed by atoms with Gasteiger partial charge in [-0.15, -0.1) is 0 Å². The van der Waals surface area contributed by atoms with Crippen molar-refractivity contribution in [2.24, 2.45) is 28.6 Å². The van der Waals surface area contributed by atoms with Crippen molar-refractivity contribution >= 4 is 5.57 Å². The lowest BCUT2D eigenvalue weighted by Crippen LogP contribution is -2.50. The van der Waals surface area contributed by atoms with E-state index in [0.29, 0.717) is 10.8 Å². The van der Waals surface area contributed by atoms with E-state index in [1.165, 1.54) is 44.1 Å². The Morgan fingerprint density at radius 3 is 2.73 bits per heavy atom. The highest BCUT2D eigenvalue weighted by Gasteiger charge is 2.57. The Labute approximate surface area is 157 Å². The summed E-state index contributed by atoms with van der Waals surface area (Å²) >= 11 is 0. The molecule has 6 atom stereocenters. The van der Waals surface area contributed by atoms with Crippen molar-refractivity contribution in [1.29, 1.82) is 0 Å². The first-order valence-corrected chi connectivity index (χ1v) is 10.5. The summed E-state index contributed by atoms with van der Waals surface area (Å²) in [6.07, 6.45) is 17.0. The average Bonchev–Trinajstić information content (AvgIpc) is 3.00. The number of fused-ring (bicyclic) bond motifs is 5. The normalized spacial score (nSPS) is 44.4. The lowest BCUT2D eigenvalue weighted by Gasteiger charge is -2.58. The van der Waals surface area contributed by atoms with Gasteiger partial charge in [-0.05, 0) is 90.7 Å². The van der Waals surface area contributed by atoms with Crippen LogP contribution in [0.15, 0.2) is 42.3 Å². The van der Waals surface area contributed by atoms with Gasteiger partial charge in [-0.3, -0.25) is 4.98 Å². The number of allylic oxidation sites excluding steroid dienone is 3. The Morgan fingerprint density at radius 2 is 1.92 bits per heavy atom. The van der Waals surface area contributed by atoms with Crippen LogP contribution in [0.5, 0.6) is 0 Å². The molecule has 2 heteroatoms. The number of hydrogen-bond donors (Lipinski definition) is 1. The Morgan fingerprint density at radius 1 is 1.08 bits per heavy atom. The Bertz CT molecular complexity index is 766. The monoisotopic (exact) mass is 349 g/mol. The molecule has 2 fully saturated rings. The SMILES string of the molecule is C[C@]12CCC(O)C=C1CC[C@H]1C3CC=C(c4cccnc4)[C@@]3(C)CC[C@@H]12. The fourth-order valence-electron chi connectivity index (χ4n) is 7.25. The molecule has 0 amide bonds. The minimum absolute atomic E-state index is 0.200. The maximum absolute atomic E-state index is 10.1. The van der Waals surface area contributed by atoms with Gasteiger partial charge < -0.3 is 5.11 Å². The molecule has 1 N–H and O–H groups in total.